The second-order valence-corrected chi connectivity index (χ2v) is 5.74. The lowest BCUT2D eigenvalue weighted by molar-refractivity contribution is 0.102. The molecule has 0 radical (unpaired) electrons. The summed E-state index contributed by atoms with van der Waals surface area (Å²) >= 11 is 0.602. The third-order valence-corrected chi connectivity index (χ3v) is 4.02. The number of benzene rings is 1. The molecule has 0 saturated carbocycles. The normalized spacial score (nSPS) is 11.0. The number of hydrogen-bond donors (Lipinski definition) is 1. The molecule has 0 spiro atoms. The van der Waals surface area contributed by atoms with Crippen molar-refractivity contribution in [3.05, 3.63) is 52.5 Å². The Morgan fingerprint density at radius 3 is 2.58 bits per heavy atom. The number of alkyl halides is 2. The molecule has 1 aromatic carbocycles. The lowest BCUT2D eigenvalue weighted by Crippen LogP contribution is -2.13. The second kappa shape index (κ2) is 6.40. The quantitative estimate of drug-likeness (QED) is 0.781. The summed E-state index contributed by atoms with van der Waals surface area (Å²) in [7, 11) is 0. The minimum atomic E-state index is -2.74. The molecule has 0 aliphatic heterocycles. The highest BCUT2D eigenvalue weighted by atomic mass is 32.1. The Kier molecular flexibility index (Phi) is 4.30. The molecule has 10 heteroatoms. The Bertz CT molecular complexity index is 875. The highest BCUT2D eigenvalue weighted by Crippen LogP contribution is 2.25. The smallest absolute Gasteiger partial charge is 0.291 e. The molecule has 0 fully saturated rings. The SMILES string of the molecule is Cc1c(C(=O)Nc2nnc(C(F)F)s2)cnn1-c1ccc(F)cc1. The van der Waals surface area contributed by atoms with Gasteiger partial charge in [0.15, 0.2) is 5.01 Å². The van der Waals surface area contributed by atoms with Crippen LogP contribution in [0.4, 0.5) is 18.3 Å². The molecule has 3 aromatic rings. The summed E-state index contributed by atoms with van der Waals surface area (Å²) in [6.45, 7) is 1.66. The number of aromatic nitrogens is 4. The number of hydrogen-bond acceptors (Lipinski definition) is 5. The number of carbonyl (C=O) groups excluding carboxylic acids is 1. The zero-order valence-electron chi connectivity index (χ0n) is 12.2. The average Bonchev–Trinajstić information content (AvgIpc) is 3.15. The molecule has 1 amide bonds. The standard InChI is InChI=1S/C14H10F3N5OS/c1-7-10(6-18-22(7)9-4-2-8(15)3-5-9)12(23)19-14-21-20-13(24-14)11(16)17/h2-6,11H,1H3,(H,19,21,23). The number of nitrogens with zero attached hydrogens (tertiary/aromatic N) is 4. The molecule has 1 N–H and O–H groups in total. The summed E-state index contributed by atoms with van der Waals surface area (Å²) in [5, 5.41) is 12.8. The van der Waals surface area contributed by atoms with E-state index in [0.717, 1.165) is 0 Å². The van der Waals surface area contributed by atoms with Crippen molar-refractivity contribution in [2.24, 2.45) is 0 Å². The zero-order valence-corrected chi connectivity index (χ0v) is 13.0. The van der Waals surface area contributed by atoms with Crippen LogP contribution in [-0.2, 0) is 0 Å². The van der Waals surface area contributed by atoms with Gasteiger partial charge >= 0.3 is 0 Å². The molecule has 24 heavy (non-hydrogen) atoms. The topological polar surface area (TPSA) is 72.7 Å². The average molecular weight is 353 g/mol. The maximum atomic E-state index is 13.0. The van der Waals surface area contributed by atoms with Gasteiger partial charge in [-0.3, -0.25) is 10.1 Å². The highest BCUT2D eigenvalue weighted by Gasteiger charge is 2.19. The van der Waals surface area contributed by atoms with Gasteiger partial charge in [0.2, 0.25) is 5.13 Å². The highest BCUT2D eigenvalue weighted by molar-refractivity contribution is 7.15. The van der Waals surface area contributed by atoms with Crippen LogP contribution >= 0.6 is 11.3 Å². The fourth-order valence-electron chi connectivity index (χ4n) is 2.01. The summed E-state index contributed by atoms with van der Waals surface area (Å²) in [5.41, 5.74) is 1.34. The van der Waals surface area contributed by atoms with E-state index in [4.69, 9.17) is 0 Å². The van der Waals surface area contributed by atoms with Crippen LogP contribution in [0.3, 0.4) is 0 Å². The van der Waals surface area contributed by atoms with Crippen LogP contribution in [0.25, 0.3) is 5.69 Å². The predicted octanol–water partition coefficient (Wildman–Crippen LogP) is 3.36. The van der Waals surface area contributed by atoms with Crippen molar-refractivity contribution in [2.45, 2.75) is 13.3 Å². The van der Waals surface area contributed by atoms with Gasteiger partial charge < -0.3 is 0 Å². The van der Waals surface area contributed by atoms with Crippen LogP contribution in [0.2, 0.25) is 0 Å². The van der Waals surface area contributed by atoms with Gasteiger partial charge in [-0.25, -0.2) is 17.9 Å². The van der Waals surface area contributed by atoms with E-state index in [9.17, 15) is 18.0 Å². The summed E-state index contributed by atoms with van der Waals surface area (Å²) in [6.07, 6.45) is -1.40. The molecule has 0 unspecified atom stereocenters. The number of carbonyl (C=O) groups is 1. The molecule has 0 atom stereocenters. The second-order valence-electron chi connectivity index (χ2n) is 4.73. The maximum absolute atomic E-state index is 13.0. The molecule has 0 aliphatic rings. The molecular weight excluding hydrogens is 343 g/mol. The lowest BCUT2D eigenvalue weighted by atomic mass is 10.2. The first-order valence-corrected chi connectivity index (χ1v) is 7.51. The monoisotopic (exact) mass is 353 g/mol. The van der Waals surface area contributed by atoms with Gasteiger partial charge in [-0.05, 0) is 31.2 Å². The minimum absolute atomic E-state index is 0.0239. The molecule has 0 aliphatic carbocycles. The number of nitrogens with one attached hydrogen (secondary N) is 1. The van der Waals surface area contributed by atoms with E-state index < -0.39 is 17.3 Å². The van der Waals surface area contributed by atoms with Crippen LogP contribution in [0.5, 0.6) is 0 Å². The fourth-order valence-corrected chi connectivity index (χ4v) is 2.61. The fraction of sp³-hybridized carbons (Fsp3) is 0.143. The number of amides is 1. The molecule has 0 bridgehead atoms. The van der Waals surface area contributed by atoms with Crippen LogP contribution < -0.4 is 5.32 Å². The lowest BCUT2D eigenvalue weighted by Gasteiger charge is -2.05. The van der Waals surface area contributed by atoms with Gasteiger partial charge in [-0.15, -0.1) is 10.2 Å². The first-order chi connectivity index (χ1) is 11.5. The van der Waals surface area contributed by atoms with Crippen LogP contribution in [0.1, 0.15) is 27.5 Å². The van der Waals surface area contributed by atoms with Crippen molar-refractivity contribution in [3.8, 4) is 5.69 Å². The Labute approximate surface area is 138 Å². The maximum Gasteiger partial charge on any atom is 0.291 e. The van der Waals surface area contributed by atoms with Gasteiger partial charge in [0.05, 0.1) is 23.1 Å². The van der Waals surface area contributed by atoms with E-state index in [1.165, 1.54) is 35.1 Å². The van der Waals surface area contributed by atoms with Crippen molar-refractivity contribution in [1.82, 2.24) is 20.0 Å². The van der Waals surface area contributed by atoms with Crippen LogP contribution in [0, 0.1) is 12.7 Å². The van der Waals surface area contributed by atoms with Gasteiger partial charge in [0.1, 0.15) is 5.82 Å². The largest absolute Gasteiger partial charge is 0.296 e. The molecule has 0 saturated heterocycles. The van der Waals surface area contributed by atoms with Gasteiger partial charge in [-0.2, -0.15) is 5.10 Å². The van der Waals surface area contributed by atoms with Crippen LogP contribution in [-0.4, -0.2) is 25.9 Å². The van der Waals surface area contributed by atoms with Gasteiger partial charge in [0.25, 0.3) is 12.3 Å². The molecule has 124 valence electrons. The summed E-state index contributed by atoms with van der Waals surface area (Å²) in [5.74, 6) is -0.926. The van der Waals surface area contributed by atoms with Crippen molar-refractivity contribution in [1.29, 1.82) is 0 Å². The van der Waals surface area contributed by atoms with E-state index in [0.29, 0.717) is 22.7 Å². The third-order valence-electron chi connectivity index (χ3n) is 3.17. The van der Waals surface area contributed by atoms with E-state index in [-0.39, 0.29) is 16.5 Å². The molecule has 2 heterocycles. The van der Waals surface area contributed by atoms with Gasteiger partial charge in [-0.1, -0.05) is 11.3 Å². The Hall–Kier alpha value is -2.75. The Balaban J connectivity index is 1.81. The number of rotatable bonds is 4. The molecule has 6 nitrogen and oxygen atoms in total. The van der Waals surface area contributed by atoms with Crippen molar-refractivity contribution in [2.75, 3.05) is 5.32 Å². The number of halogens is 3. The van der Waals surface area contributed by atoms with Crippen molar-refractivity contribution < 1.29 is 18.0 Å². The summed E-state index contributed by atoms with van der Waals surface area (Å²) < 4.78 is 39.4. The first-order valence-electron chi connectivity index (χ1n) is 6.69. The van der Waals surface area contributed by atoms with Crippen molar-refractivity contribution >= 4 is 22.4 Å². The molecule has 3 rings (SSSR count). The predicted molar refractivity (Wildman–Crippen MR) is 81.1 cm³/mol. The van der Waals surface area contributed by atoms with Gasteiger partial charge in [0, 0.05) is 0 Å². The Morgan fingerprint density at radius 2 is 1.96 bits per heavy atom. The summed E-state index contributed by atoms with van der Waals surface area (Å²) in [6, 6.07) is 5.61. The zero-order chi connectivity index (χ0) is 17.3. The Morgan fingerprint density at radius 1 is 1.25 bits per heavy atom. The van der Waals surface area contributed by atoms with E-state index in [1.807, 2.05) is 0 Å². The first kappa shape index (κ1) is 16.1. The summed E-state index contributed by atoms with van der Waals surface area (Å²) in [4.78, 5) is 12.2. The number of anilines is 1. The third kappa shape index (κ3) is 3.13. The van der Waals surface area contributed by atoms with Crippen molar-refractivity contribution in [3.63, 3.8) is 0 Å². The minimum Gasteiger partial charge on any atom is -0.296 e. The molecular formula is C14H10F3N5OS. The van der Waals surface area contributed by atoms with E-state index in [1.54, 1.807) is 6.92 Å². The van der Waals surface area contributed by atoms with E-state index in [2.05, 4.69) is 20.6 Å². The van der Waals surface area contributed by atoms with Crippen LogP contribution in [0.15, 0.2) is 30.5 Å². The molecule has 2 aromatic heterocycles. The van der Waals surface area contributed by atoms with E-state index >= 15 is 0 Å².